The van der Waals surface area contributed by atoms with Crippen LogP contribution in [0.5, 0.6) is 11.5 Å². The van der Waals surface area contributed by atoms with Crippen molar-refractivity contribution < 1.29 is 14.3 Å². The van der Waals surface area contributed by atoms with Crippen LogP contribution in [0.4, 0.5) is 0 Å². The van der Waals surface area contributed by atoms with Gasteiger partial charge in [0, 0.05) is 15.3 Å². The van der Waals surface area contributed by atoms with Gasteiger partial charge < -0.3 is 9.47 Å². The fourth-order valence-corrected chi connectivity index (χ4v) is 4.41. The standard InChI is InChI=1S/C20H19BrN4O3S/c1-4-29-20-23-19(26)17-11-7-5-6-8-14(11)22-18(25(17)24-20)12-9-15(27-2)16(28-3)10-13(12)21/h5-10,18H,4H2,1-3H3,(H,23,24,26). The van der Waals surface area contributed by atoms with Crippen LogP contribution in [0.2, 0.25) is 0 Å². The predicted octanol–water partition coefficient (Wildman–Crippen LogP) is 2.36. The van der Waals surface area contributed by atoms with E-state index in [9.17, 15) is 4.79 Å². The van der Waals surface area contributed by atoms with Gasteiger partial charge in [-0.25, -0.2) is 5.01 Å². The largest absolute Gasteiger partial charge is 0.493 e. The zero-order valence-corrected chi connectivity index (χ0v) is 18.5. The minimum Gasteiger partial charge on any atom is -0.493 e. The van der Waals surface area contributed by atoms with E-state index >= 15 is 0 Å². The predicted molar refractivity (Wildman–Crippen MR) is 116 cm³/mol. The fraction of sp³-hybridized carbons (Fsp3) is 0.250. The SMILES string of the molecule is CCSC1=NN2C(=c3ccccc3=NC2c2cc(OC)c(OC)cc2Br)C(=O)N1. The van der Waals surface area contributed by atoms with Crippen LogP contribution in [0, 0.1) is 0 Å². The Bertz CT molecular complexity index is 1140. The third kappa shape index (κ3) is 3.49. The summed E-state index contributed by atoms with van der Waals surface area (Å²) in [4.78, 5) is 17.9. The molecule has 0 bridgehead atoms. The Balaban J connectivity index is 1.96. The molecule has 1 N–H and O–H groups in total. The monoisotopic (exact) mass is 474 g/mol. The van der Waals surface area contributed by atoms with Crippen LogP contribution >= 0.6 is 27.7 Å². The lowest BCUT2D eigenvalue weighted by Crippen LogP contribution is -2.50. The number of ether oxygens (including phenoxy) is 2. The van der Waals surface area contributed by atoms with E-state index in [1.54, 1.807) is 19.2 Å². The summed E-state index contributed by atoms with van der Waals surface area (Å²) < 4.78 is 11.7. The number of nitrogens with one attached hydrogen (secondary N) is 1. The molecule has 0 fully saturated rings. The topological polar surface area (TPSA) is 75.5 Å². The zero-order valence-electron chi connectivity index (χ0n) is 16.1. The molecule has 2 aliphatic rings. The van der Waals surface area contributed by atoms with Gasteiger partial charge in [-0.3, -0.25) is 15.1 Å². The Morgan fingerprint density at radius 2 is 1.93 bits per heavy atom. The van der Waals surface area contributed by atoms with Gasteiger partial charge in [0.05, 0.1) is 19.6 Å². The van der Waals surface area contributed by atoms with Crippen LogP contribution in [-0.2, 0) is 4.79 Å². The summed E-state index contributed by atoms with van der Waals surface area (Å²) in [6, 6.07) is 11.3. The smallest absolute Gasteiger partial charge is 0.276 e. The van der Waals surface area contributed by atoms with Crippen LogP contribution in [-0.4, -0.2) is 36.1 Å². The van der Waals surface area contributed by atoms with Gasteiger partial charge in [0.15, 0.2) is 22.8 Å². The van der Waals surface area contributed by atoms with Crippen LogP contribution in [0.1, 0.15) is 18.7 Å². The Morgan fingerprint density at radius 3 is 2.66 bits per heavy atom. The van der Waals surface area contributed by atoms with Crippen molar-refractivity contribution in [1.29, 1.82) is 0 Å². The zero-order chi connectivity index (χ0) is 20.5. The quantitative estimate of drug-likeness (QED) is 0.735. The summed E-state index contributed by atoms with van der Waals surface area (Å²) in [5.74, 6) is 1.78. The number of halogens is 1. The number of amidine groups is 1. The molecule has 7 nitrogen and oxygen atoms in total. The van der Waals surface area contributed by atoms with E-state index in [1.165, 1.54) is 11.8 Å². The number of hydrazone groups is 1. The third-order valence-electron chi connectivity index (χ3n) is 4.58. The van der Waals surface area contributed by atoms with Gasteiger partial charge >= 0.3 is 0 Å². The summed E-state index contributed by atoms with van der Waals surface area (Å²) >= 11 is 5.09. The number of hydrogen-bond donors (Lipinski definition) is 1. The van der Waals surface area contributed by atoms with Crippen LogP contribution < -0.4 is 25.4 Å². The van der Waals surface area contributed by atoms with E-state index in [0.29, 0.717) is 22.4 Å². The average molecular weight is 475 g/mol. The average Bonchev–Trinajstić information content (AvgIpc) is 2.73. The van der Waals surface area contributed by atoms with Crippen molar-refractivity contribution in [2.24, 2.45) is 10.1 Å². The molecule has 2 aromatic carbocycles. The minimum absolute atomic E-state index is 0.195. The number of carbonyl (C=O) groups is 1. The van der Waals surface area contributed by atoms with Gasteiger partial charge in [-0.05, 0) is 24.0 Å². The Morgan fingerprint density at radius 1 is 1.21 bits per heavy atom. The number of nitrogens with zero attached hydrogens (tertiary/aromatic N) is 3. The number of amides is 1. The molecule has 0 radical (unpaired) electrons. The molecule has 2 heterocycles. The Labute approximate surface area is 180 Å². The molecule has 0 saturated heterocycles. The fourth-order valence-electron chi connectivity index (χ4n) is 3.30. The first-order valence-electron chi connectivity index (χ1n) is 8.98. The highest BCUT2D eigenvalue weighted by atomic mass is 79.9. The van der Waals surface area contributed by atoms with E-state index in [4.69, 9.17) is 19.6 Å². The number of para-hydroxylation sites is 1. The maximum Gasteiger partial charge on any atom is 0.276 e. The first-order chi connectivity index (χ1) is 14.1. The molecule has 29 heavy (non-hydrogen) atoms. The molecule has 2 aromatic rings. The maximum atomic E-state index is 13.0. The summed E-state index contributed by atoms with van der Waals surface area (Å²) in [5.41, 5.74) is 1.29. The lowest BCUT2D eigenvalue weighted by atomic mass is 10.1. The molecule has 2 aliphatic heterocycles. The number of carbonyl (C=O) groups excluding carboxylic acids is 1. The highest BCUT2D eigenvalue weighted by Crippen LogP contribution is 2.40. The van der Waals surface area contributed by atoms with E-state index in [-0.39, 0.29) is 5.91 Å². The van der Waals surface area contributed by atoms with E-state index < -0.39 is 6.17 Å². The molecular formula is C20H19BrN4O3S. The van der Waals surface area contributed by atoms with Gasteiger partial charge in [0.1, 0.15) is 5.70 Å². The number of rotatable bonds is 4. The second-order valence-electron chi connectivity index (χ2n) is 6.23. The van der Waals surface area contributed by atoms with Gasteiger partial charge in [-0.1, -0.05) is 52.8 Å². The van der Waals surface area contributed by atoms with E-state index in [1.807, 2.05) is 43.3 Å². The summed E-state index contributed by atoms with van der Waals surface area (Å²) in [6.07, 6.45) is -0.535. The molecule has 0 saturated carbocycles. The van der Waals surface area contributed by atoms with Crippen LogP contribution in [0.3, 0.4) is 0 Å². The summed E-state index contributed by atoms with van der Waals surface area (Å²) in [7, 11) is 3.17. The van der Waals surface area contributed by atoms with Crippen molar-refractivity contribution in [3.05, 3.63) is 57.0 Å². The van der Waals surface area contributed by atoms with E-state index in [2.05, 4.69) is 21.2 Å². The third-order valence-corrected chi connectivity index (χ3v) is 6.01. The molecule has 4 rings (SSSR count). The number of methoxy groups -OCH3 is 2. The molecule has 0 spiro atoms. The number of fused-ring (bicyclic) bond motifs is 2. The van der Waals surface area contributed by atoms with Crippen molar-refractivity contribution in [2.45, 2.75) is 13.1 Å². The van der Waals surface area contributed by atoms with Gasteiger partial charge in [-0.2, -0.15) is 0 Å². The molecule has 150 valence electrons. The second-order valence-corrected chi connectivity index (χ2v) is 8.34. The number of thioether (sulfide) groups is 1. The first kappa shape index (κ1) is 19.8. The summed E-state index contributed by atoms with van der Waals surface area (Å²) in [5, 5.41) is 11.3. The van der Waals surface area contributed by atoms with Gasteiger partial charge in [-0.15, -0.1) is 5.10 Å². The van der Waals surface area contributed by atoms with E-state index in [0.717, 1.165) is 26.4 Å². The van der Waals surface area contributed by atoms with Crippen molar-refractivity contribution >= 4 is 44.5 Å². The van der Waals surface area contributed by atoms with Crippen LogP contribution in [0.25, 0.3) is 5.70 Å². The van der Waals surface area contributed by atoms with Crippen molar-refractivity contribution in [3.8, 4) is 11.5 Å². The van der Waals surface area contributed by atoms with Crippen molar-refractivity contribution in [3.63, 3.8) is 0 Å². The van der Waals surface area contributed by atoms with Gasteiger partial charge in [0.25, 0.3) is 5.91 Å². The molecule has 9 heteroatoms. The molecule has 0 aromatic heterocycles. The molecule has 1 unspecified atom stereocenters. The van der Waals surface area contributed by atoms with Crippen molar-refractivity contribution in [2.75, 3.05) is 20.0 Å². The van der Waals surface area contributed by atoms with Crippen LogP contribution in [0.15, 0.2) is 51.0 Å². The highest BCUT2D eigenvalue weighted by molar-refractivity contribution is 9.10. The first-order valence-corrected chi connectivity index (χ1v) is 10.8. The molecule has 1 atom stereocenters. The molecule has 0 aliphatic carbocycles. The normalized spacial score (nSPS) is 17.6. The molecular weight excluding hydrogens is 456 g/mol. The van der Waals surface area contributed by atoms with Gasteiger partial charge in [0.2, 0.25) is 0 Å². The lowest BCUT2D eigenvalue weighted by Gasteiger charge is -2.34. The number of hydrogen-bond acceptors (Lipinski definition) is 7. The number of benzene rings is 2. The minimum atomic E-state index is -0.535. The highest BCUT2D eigenvalue weighted by Gasteiger charge is 2.35. The second kappa shape index (κ2) is 8.08. The Hall–Kier alpha value is -2.52. The van der Waals surface area contributed by atoms with Crippen molar-refractivity contribution in [1.82, 2.24) is 10.3 Å². The summed E-state index contributed by atoms with van der Waals surface area (Å²) in [6.45, 7) is 2.01. The maximum absolute atomic E-state index is 13.0. The molecule has 1 amide bonds. The Kier molecular flexibility index (Phi) is 5.51. The lowest BCUT2D eigenvalue weighted by molar-refractivity contribution is -0.116.